The van der Waals surface area contributed by atoms with Crippen molar-refractivity contribution in [2.75, 3.05) is 18.4 Å². The Labute approximate surface area is 118 Å². The third-order valence-corrected chi connectivity index (χ3v) is 3.27. The first kappa shape index (κ1) is 14.1. The highest BCUT2D eigenvalue weighted by molar-refractivity contribution is 5.97. The van der Waals surface area contributed by atoms with Crippen LogP contribution in [0.3, 0.4) is 0 Å². The van der Waals surface area contributed by atoms with Crippen LogP contribution in [0.5, 0.6) is 0 Å². The number of hydrogen-bond donors (Lipinski definition) is 1. The maximum Gasteiger partial charge on any atom is 0.266 e. The van der Waals surface area contributed by atoms with Gasteiger partial charge in [0.2, 0.25) is 0 Å². The molecule has 1 fully saturated rings. The average molecular weight is 270 g/mol. The lowest BCUT2D eigenvalue weighted by molar-refractivity contribution is -0.127. The minimum absolute atomic E-state index is 0.120. The van der Waals surface area contributed by atoms with Crippen LogP contribution in [0.1, 0.15) is 24.8 Å². The van der Waals surface area contributed by atoms with E-state index in [1.807, 2.05) is 25.1 Å². The summed E-state index contributed by atoms with van der Waals surface area (Å²) >= 11 is 0. The van der Waals surface area contributed by atoms with Crippen LogP contribution in [-0.4, -0.2) is 28.9 Å². The normalized spacial score (nSPS) is 15.6. The SMILES string of the molecule is Cc1ccc(N/C=C(/C#N)C(=O)N2CCCCC2)nc1. The number of piperidine rings is 1. The van der Waals surface area contributed by atoms with E-state index in [0.717, 1.165) is 37.9 Å². The summed E-state index contributed by atoms with van der Waals surface area (Å²) in [5.74, 6) is 0.418. The van der Waals surface area contributed by atoms with Crippen molar-refractivity contribution in [2.45, 2.75) is 26.2 Å². The molecule has 2 rings (SSSR count). The highest BCUT2D eigenvalue weighted by Gasteiger charge is 2.20. The molecule has 2 heterocycles. The van der Waals surface area contributed by atoms with Gasteiger partial charge in [-0.1, -0.05) is 6.07 Å². The molecule has 0 radical (unpaired) electrons. The van der Waals surface area contributed by atoms with E-state index in [1.165, 1.54) is 6.20 Å². The second kappa shape index (κ2) is 6.71. The van der Waals surface area contributed by atoms with Gasteiger partial charge >= 0.3 is 0 Å². The number of anilines is 1. The molecular weight excluding hydrogens is 252 g/mol. The Kier molecular flexibility index (Phi) is 4.72. The molecule has 1 aliphatic rings. The molecule has 5 nitrogen and oxygen atoms in total. The van der Waals surface area contributed by atoms with Crippen molar-refractivity contribution >= 4 is 11.7 Å². The van der Waals surface area contributed by atoms with Gasteiger partial charge in [0.25, 0.3) is 5.91 Å². The van der Waals surface area contributed by atoms with Crippen molar-refractivity contribution in [3.63, 3.8) is 0 Å². The van der Waals surface area contributed by atoms with E-state index >= 15 is 0 Å². The maximum absolute atomic E-state index is 12.2. The summed E-state index contributed by atoms with van der Waals surface area (Å²) < 4.78 is 0. The predicted molar refractivity (Wildman–Crippen MR) is 76.7 cm³/mol. The number of nitrogens with zero attached hydrogens (tertiary/aromatic N) is 3. The van der Waals surface area contributed by atoms with Crippen molar-refractivity contribution in [1.82, 2.24) is 9.88 Å². The number of aromatic nitrogens is 1. The molecule has 1 aromatic rings. The minimum Gasteiger partial charge on any atom is -0.345 e. The van der Waals surface area contributed by atoms with Crippen molar-refractivity contribution < 1.29 is 4.79 Å². The van der Waals surface area contributed by atoms with Gasteiger partial charge in [-0.25, -0.2) is 4.98 Å². The Bertz CT molecular complexity index is 536. The maximum atomic E-state index is 12.2. The molecular formula is C15H18N4O. The summed E-state index contributed by atoms with van der Waals surface area (Å²) in [5.41, 5.74) is 1.18. The fourth-order valence-corrected chi connectivity index (χ4v) is 2.11. The lowest BCUT2D eigenvalue weighted by Gasteiger charge is -2.26. The van der Waals surface area contributed by atoms with Gasteiger partial charge in [-0.2, -0.15) is 5.26 Å². The molecule has 104 valence electrons. The van der Waals surface area contributed by atoms with Crippen LogP contribution in [0.2, 0.25) is 0 Å². The van der Waals surface area contributed by atoms with Crippen LogP contribution in [0.4, 0.5) is 5.82 Å². The third kappa shape index (κ3) is 3.58. The zero-order valence-electron chi connectivity index (χ0n) is 11.6. The van der Waals surface area contributed by atoms with Crippen LogP contribution in [0, 0.1) is 18.3 Å². The fraction of sp³-hybridized carbons (Fsp3) is 0.400. The molecule has 5 heteroatoms. The van der Waals surface area contributed by atoms with E-state index in [4.69, 9.17) is 5.26 Å². The summed E-state index contributed by atoms with van der Waals surface area (Å²) in [7, 11) is 0. The standard InChI is InChI=1S/C15H18N4O/c1-12-5-6-14(17-10-12)18-11-13(9-16)15(20)19-7-3-2-4-8-19/h5-6,10-11H,2-4,7-8H2,1H3,(H,17,18)/b13-11-. The van der Waals surface area contributed by atoms with E-state index in [0.29, 0.717) is 5.82 Å². The van der Waals surface area contributed by atoms with Crippen LogP contribution in [0.25, 0.3) is 0 Å². The molecule has 1 amide bonds. The first-order valence-corrected chi connectivity index (χ1v) is 6.79. The summed E-state index contributed by atoms with van der Waals surface area (Å²) in [6.45, 7) is 3.43. The number of carbonyl (C=O) groups excluding carboxylic acids is 1. The van der Waals surface area contributed by atoms with Gasteiger partial charge in [0.15, 0.2) is 0 Å². The van der Waals surface area contributed by atoms with Gasteiger partial charge in [-0.05, 0) is 37.8 Å². The average Bonchev–Trinajstić information content (AvgIpc) is 2.50. The molecule has 1 aliphatic heterocycles. The van der Waals surface area contributed by atoms with E-state index in [9.17, 15) is 4.79 Å². The molecule has 1 N–H and O–H groups in total. The van der Waals surface area contributed by atoms with Crippen molar-refractivity contribution in [3.05, 3.63) is 35.7 Å². The van der Waals surface area contributed by atoms with Gasteiger partial charge in [0.1, 0.15) is 17.5 Å². The zero-order valence-corrected chi connectivity index (χ0v) is 11.6. The number of nitrogens with one attached hydrogen (secondary N) is 1. The second-order valence-corrected chi connectivity index (χ2v) is 4.89. The quantitative estimate of drug-likeness (QED) is 0.675. The molecule has 0 unspecified atom stereocenters. The number of carbonyl (C=O) groups is 1. The van der Waals surface area contributed by atoms with Gasteiger partial charge in [-0.3, -0.25) is 4.79 Å². The van der Waals surface area contributed by atoms with Crippen LogP contribution in [-0.2, 0) is 4.79 Å². The van der Waals surface area contributed by atoms with Crippen LogP contribution >= 0.6 is 0 Å². The van der Waals surface area contributed by atoms with E-state index in [-0.39, 0.29) is 11.5 Å². The van der Waals surface area contributed by atoms with Gasteiger partial charge in [-0.15, -0.1) is 0 Å². The topological polar surface area (TPSA) is 69.0 Å². The molecule has 0 atom stereocenters. The summed E-state index contributed by atoms with van der Waals surface area (Å²) in [5, 5.41) is 12.0. The molecule has 0 saturated carbocycles. The highest BCUT2D eigenvalue weighted by Crippen LogP contribution is 2.12. The summed E-state index contributed by atoms with van der Waals surface area (Å²) in [4.78, 5) is 18.1. The molecule has 20 heavy (non-hydrogen) atoms. The number of amides is 1. The van der Waals surface area contributed by atoms with Gasteiger partial charge in [0, 0.05) is 25.5 Å². The molecule has 1 saturated heterocycles. The Morgan fingerprint density at radius 2 is 2.15 bits per heavy atom. The van der Waals surface area contributed by atoms with E-state index in [2.05, 4.69) is 10.3 Å². The smallest absolute Gasteiger partial charge is 0.266 e. The van der Waals surface area contributed by atoms with Crippen LogP contribution < -0.4 is 5.32 Å². The molecule has 1 aromatic heterocycles. The zero-order chi connectivity index (χ0) is 14.4. The Hall–Kier alpha value is -2.35. The Morgan fingerprint density at radius 3 is 2.75 bits per heavy atom. The largest absolute Gasteiger partial charge is 0.345 e. The Balaban J connectivity index is 2.03. The lowest BCUT2D eigenvalue weighted by atomic mass is 10.1. The number of aryl methyl sites for hydroxylation is 1. The van der Waals surface area contributed by atoms with E-state index in [1.54, 1.807) is 11.1 Å². The first-order valence-electron chi connectivity index (χ1n) is 6.79. The lowest BCUT2D eigenvalue weighted by Crippen LogP contribution is -2.36. The molecule has 0 spiro atoms. The predicted octanol–water partition coefficient (Wildman–Crippen LogP) is 2.22. The number of pyridine rings is 1. The molecule has 0 aromatic carbocycles. The molecule has 0 bridgehead atoms. The van der Waals surface area contributed by atoms with Crippen molar-refractivity contribution in [2.24, 2.45) is 0 Å². The monoisotopic (exact) mass is 270 g/mol. The van der Waals surface area contributed by atoms with Crippen LogP contribution in [0.15, 0.2) is 30.1 Å². The summed E-state index contributed by atoms with van der Waals surface area (Å²) in [6, 6.07) is 5.69. The first-order chi connectivity index (χ1) is 9.70. The summed E-state index contributed by atoms with van der Waals surface area (Å²) in [6.07, 6.45) is 6.35. The molecule has 0 aliphatic carbocycles. The Morgan fingerprint density at radius 1 is 1.40 bits per heavy atom. The fourth-order valence-electron chi connectivity index (χ4n) is 2.11. The number of likely N-dealkylation sites (tertiary alicyclic amines) is 1. The van der Waals surface area contributed by atoms with E-state index < -0.39 is 0 Å². The number of hydrogen-bond acceptors (Lipinski definition) is 4. The third-order valence-electron chi connectivity index (χ3n) is 3.27. The number of nitriles is 1. The van der Waals surface area contributed by atoms with Gasteiger partial charge in [0.05, 0.1) is 0 Å². The highest BCUT2D eigenvalue weighted by atomic mass is 16.2. The second-order valence-electron chi connectivity index (χ2n) is 4.89. The minimum atomic E-state index is -0.202. The number of rotatable bonds is 3. The van der Waals surface area contributed by atoms with Crippen molar-refractivity contribution in [1.29, 1.82) is 5.26 Å². The van der Waals surface area contributed by atoms with Crippen molar-refractivity contribution in [3.8, 4) is 6.07 Å². The van der Waals surface area contributed by atoms with Gasteiger partial charge < -0.3 is 10.2 Å².